The van der Waals surface area contributed by atoms with E-state index >= 15 is 0 Å². The number of fused-ring (bicyclic) bond motifs is 1. The summed E-state index contributed by atoms with van der Waals surface area (Å²) in [4.78, 5) is 16.4. The number of hydrogen-bond donors (Lipinski definition) is 4. The van der Waals surface area contributed by atoms with Crippen LogP contribution in [0.3, 0.4) is 0 Å². The third kappa shape index (κ3) is 4.13. The molecule has 0 saturated carbocycles. The van der Waals surface area contributed by atoms with Crippen molar-refractivity contribution in [1.29, 1.82) is 0 Å². The third-order valence-corrected chi connectivity index (χ3v) is 4.74. The minimum absolute atomic E-state index is 0.0432. The molecule has 2 heterocycles. The summed E-state index contributed by atoms with van der Waals surface area (Å²) in [5, 5.41) is 12.4. The fraction of sp³-hybridized carbons (Fsp3) is 0.0952. The van der Waals surface area contributed by atoms with Gasteiger partial charge in [-0.3, -0.25) is 5.10 Å². The van der Waals surface area contributed by atoms with E-state index in [-0.39, 0.29) is 11.3 Å². The third-order valence-electron chi connectivity index (χ3n) is 4.74. The van der Waals surface area contributed by atoms with Crippen molar-refractivity contribution in [2.75, 3.05) is 16.4 Å². The Bertz CT molecular complexity index is 1260. The van der Waals surface area contributed by atoms with Crippen LogP contribution in [0, 0.1) is 6.92 Å². The number of hydrogen-bond acceptors (Lipinski definition) is 4. The first-order valence-electron chi connectivity index (χ1n) is 9.17. The van der Waals surface area contributed by atoms with Gasteiger partial charge in [-0.15, -0.1) is 0 Å². The average Bonchev–Trinajstić information content (AvgIpc) is 3.10. The van der Waals surface area contributed by atoms with Crippen LogP contribution in [-0.2, 0) is 6.18 Å². The van der Waals surface area contributed by atoms with Crippen molar-refractivity contribution in [2.24, 2.45) is 0 Å². The second kappa shape index (κ2) is 7.63. The lowest BCUT2D eigenvalue weighted by Gasteiger charge is -2.13. The fourth-order valence-electron chi connectivity index (χ4n) is 3.25. The number of aromatic nitrogens is 3. The molecule has 4 aromatic rings. The van der Waals surface area contributed by atoms with Crippen LogP contribution >= 0.6 is 0 Å². The number of nitrogens with one attached hydrogen (secondary N) is 3. The van der Waals surface area contributed by atoms with Crippen LogP contribution in [0.5, 0.6) is 0 Å². The number of amides is 2. The number of nitrogens with two attached hydrogens (primary N) is 1. The Kier molecular flexibility index (Phi) is 4.97. The topological polar surface area (TPSA) is 109 Å². The van der Waals surface area contributed by atoms with E-state index in [1.807, 2.05) is 0 Å². The molecule has 2 aromatic heterocycles. The lowest BCUT2D eigenvalue weighted by atomic mass is 10.0. The molecule has 158 valence electrons. The normalized spacial score (nSPS) is 11.5. The fourth-order valence-corrected chi connectivity index (χ4v) is 3.25. The van der Waals surface area contributed by atoms with Crippen LogP contribution in [0.1, 0.15) is 11.1 Å². The number of alkyl halides is 3. The molecule has 2 aromatic carbocycles. The number of anilines is 3. The van der Waals surface area contributed by atoms with Crippen LogP contribution in [0.25, 0.3) is 22.2 Å². The van der Waals surface area contributed by atoms with Gasteiger partial charge in [0.1, 0.15) is 0 Å². The van der Waals surface area contributed by atoms with E-state index in [0.29, 0.717) is 22.5 Å². The molecule has 0 spiro atoms. The average molecular weight is 426 g/mol. The summed E-state index contributed by atoms with van der Waals surface area (Å²) in [6.45, 7) is 1.36. The SMILES string of the molecule is Cc1ccc(NC(=O)Nc2ccc(-c3ccnc4[nH]nc(N)c34)cc2)cc1C(F)(F)F. The summed E-state index contributed by atoms with van der Waals surface area (Å²) < 4.78 is 39.1. The molecule has 2 amide bonds. The molecule has 0 atom stereocenters. The number of rotatable bonds is 3. The highest BCUT2D eigenvalue weighted by Crippen LogP contribution is 2.34. The highest BCUT2D eigenvalue weighted by molar-refractivity contribution is 6.01. The van der Waals surface area contributed by atoms with Crippen molar-refractivity contribution in [3.05, 3.63) is 65.9 Å². The van der Waals surface area contributed by atoms with Crippen molar-refractivity contribution < 1.29 is 18.0 Å². The summed E-state index contributed by atoms with van der Waals surface area (Å²) in [5.41, 5.74) is 7.93. The Labute approximate surface area is 174 Å². The number of halogens is 3. The molecule has 0 fully saturated rings. The van der Waals surface area contributed by atoms with Gasteiger partial charge >= 0.3 is 12.2 Å². The predicted octanol–water partition coefficient (Wildman–Crippen LogP) is 5.18. The van der Waals surface area contributed by atoms with Crippen LogP contribution < -0.4 is 16.4 Å². The van der Waals surface area contributed by atoms with E-state index in [2.05, 4.69) is 25.8 Å². The minimum atomic E-state index is -4.50. The van der Waals surface area contributed by atoms with Crippen LogP contribution in [0.4, 0.5) is 35.2 Å². The van der Waals surface area contributed by atoms with Gasteiger partial charge in [0.2, 0.25) is 0 Å². The molecular weight excluding hydrogens is 409 g/mol. The van der Waals surface area contributed by atoms with Crippen molar-refractivity contribution in [2.45, 2.75) is 13.1 Å². The number of benzene rings is 2. The van der Waals surface area contributed by atoms with E-state index in [9.17, 15) is 18.0 Å². The number of pyridine rings is 1. The molecule has 0 bridgehead atoms. The number of aromatic amines is 1. The molecule has 10 heteroatoms. The van der Waals surface area contributed by atoms with E-state index < -0.39 is 17.8 Å². The second-order valence-electron chi connectivity index (χ2n) is 6.87. The number of nitrogens with zero attached hydrogens (tertiary/aromatic N) is 2. The minimum Gasteiger partial charge on any atom is -0.382 e. The first kappa shape index (κ1) is 20.2. The molecule has 7 nitrogen and oxygen atoms in total. The molecule has 0 unspecified atom stereocenters. The molecule has 5 N–H and O–H groups in total. The van der Waals surface area contributed by atoms with Crippen LogP contribution in [0.2, 0.25) is 0 Å². The quantitative estimate of drug-likeness (QED) is 0.362. The standard InChI is InChI=1S/C21H17F3N6O/c1-11-2-5-14(10-16(11)21(22,23)24)28-20(31)27-13-6-3-12(4-7-13)15-8-9-26-19-17(15)18(25)29-30-19/h2-10H,1H3,(H2,27,28,31)(H3,25,26,29,30). The number of H-pyrrole nitrogens is 1. The van der Waals surface area contributed by atoms with Gasteiger partial charge in [0.15, 0.2) is 11.5 Å². The zero-order chi connectivity index (χ0) is 22.2. The molecule has 0 radical (unpaired) electrons. The molecule has 0 aliphatic heterocycles. The second-order valence-corrected chi connectivity index (χ2v) is 6.87. The van der Waals surface area contributed by atoms with E-state index in [1.165, 1.54) is 19.1 Å². The number of carbonyl (C=O) groups is 1. The van der Waals surface area contributed by atoms with Gasteiger partial charge in [-0.05, 0) is 53.9 Å². The van der Waals surface area contributed by atoms with Crippen molar-refractivity contribution in [3.8, 4) is 11.1 Å². The highest BCUT2D eigenvalue weighted by Gasteiger charge is 2.32. The van der Waals surface area contributed by atoms with Crippen LogP contribution in [0.15, 0.2) is 54.7 Å². The van der Waals surface area contributed by atoms with E-state index in [4.69, 9.17) is 5.73 Å². The van der Waals surface area contributed by atoms with Gasteiger partial charge in [0.05, 0.1) is 10.9 Å². The number of nitrogen functional groups attached to an aromatic ring is 1. The van der Waals surface area contributed by atoms with Crippen molar-refractivity contribution in [3.63, 3.8) is 0 Å². The highest BCUT2D eigenvalue weighted by atomic mass is 19.4. The summed E-state index contributed by atoms with van der Waals surface area (Å²) >= 11 is 0. The zero-order valence-corrected chi connectivity index (χ0v) is 16.2. The van der Waals surface area contributed by atoms with E-state index in [1.54, 1.807) is 36.5 Å². The monoisotopic (exact) mass is 426 g/mol. The molecular formula is C21H17F3N6O. The van der Waals surface area contributed by atoms with Crippen molar-refractivity contribution in [1.82, 2.24) is 15.2 Å². The van der Waals surface area contributed by atoms with E-state index in [0.717, 1.165) is 17.2 Å². The van der Waals surface area contributed by atoms with Crippen LogP contribution in [-0.4, -0.2) is 21.2 Å². The zero-order valence-electron chi connectivity index (χ0n) is 16.2. The first-order valence-corrected chi connectivity index (χ1v) is 9.17. The number of carbonyl (C=O) groups excluding carboxylic acids is 1. The molecule has 31 heavy (non-hydrogen) atoms. The largest absolute Gasteiger partial charge is 0.416 e. The van der Waals surface area contributed by atoms with Gasteiger partial charge in [-0.2, -0.15) is 18.3 Å². The Morgan fingerprint density at radius 2 is 1.71 bits per heavy atom. The lowest BCUT2D eigenvalue weighted by Crippen LogP contribution is -2.20. The lowest BCUT2D eigenvalue weighted by molar-refractivity contribution is -0.138. The summed E-state index contributed by atoms with van der Waals surface area (Å²) in [6.07, 6.45) is -2.86. The molecule has 0 aliphatic carbocycles. The predicted molar refractivity (Wildman–Crippen MR) is 113 cm³/mol. The Hall–Kier alpha value is -4.08. The van der Waals surface area contributed by atoms with Gasteiger partial charge < -0.3 is 16.4 Å². The number of aryl methyl sites for hydroxylation is 1. The first-order chi connectivity index (χ1) is 14.7. The summed E-state index contributed by atoms with van der Waals surface area (Å²) in [6, 6.07) is 11.7. The van der Waals surface area contributed by atoms with Gasteiger partial charge in [0, 0.05) is 17.6 Å². The van der Waals surface area contributed by atoms with Crippen molar-refractivity contribution >= 4 is 34.3 Å². The Balaban J connectivity index is 1.49. The summed E-state index contributed by atoms with van der Waals surface area (Å²) in [5.74, 6) is 0.330. The molecule has 4 rings (SSSR count). The molecule has 0 aliphatic rings. The van der Waals surface area contributed by atoms with Gasteiger partial charge in [0.25, 0.3) is 0 Å². The Morgan fingerprint density at radius 1 is 1.03 bits per heavy atom. The Morgan fingerprint density at radius 3 is 2.42 bits per heavy atom. The maximum absolute atomic E-state index is 13.0. The van der Waals surface area contributed by atoms with Gasteiger partial charge in [-0.1, -0.05) is 18.2 Å². The maximum Gasteiger partial charge on any atom is 0.416 e. The van der Waals surface area contributed by atoms with Gasteiger partial charge in [-0.25, -0.2) is 9.78 Å². The number of urea groups is 1. The smallest absolute Gasteiger partial charge is 0.382 e. The maximum atomic E-state index is 13.0. The summed E-state index contributed by atoms with van der Waals surface area (Å²) in [7, 11) is 0. The molecule has 0 saturated heterocycles.